The summed E-state index contributed by atoms with van der Waals surface area (Å²) in [5, 5.41) is 0. The van der Waals surface area contributed by atoms with Gasteiger partial charge in [-0.2, -0.15) is 0 Å². The molecule has 2 rings (SSSR count). The lowest BCUT2D eigenvalue weighted by atomic mass is 9.90. The van der Waals surface area contributed by atoms with Crippen LogP contribution in [0.15, 0.2) is 48.1 Å². The van der Waals surface area contributed by atoms with Crippen LogP contribution in [0.2, 0.25) is 0 Å². The fraction of sp³-hybridized carbons (Fsp3) is 0.312. The second-order valence-corrected chi connectivity index (χ2v) is 4.96. The van der Waals surface area contributed by atoms with Crippen LogP contribution in [-0.2, 0) is 0 Å². The van der Waals surface area contributed by atoms with Crippen LogP contribution in [0.25, 0.3) is 0 Å². The Morgan fingerprint density at radius 2 is 1.89 bits per heavy atom. The van der Waals surface area contributed by atoms with Gasteiger partial charge >= 0.3 is 0 Å². The average Bonchev–Trinajstić information content (AvgIpc) is 2.39. The zero-order valence-electron chi connectivity index (χ0n) is 11.2. The molecule has 1 aliphatic rings. The third-order valence-electron chi connectivity index (χ3n) is 3.29. The van der Waals surface area contributed by atoms with Crippen molar-refractivity contribution in [3.05, 3.63) is 53.6 Å². The summed E-state index contributed by atoms with van der Waals surface area (Å²) < 4.78 is 0. The standard InChI is InChI=1S/C16H19NO/c1-12-4-6-13(7-5-12)16(18)14-8-10-15(11-9-14)17(2)3/h4-6,8-11,13H,7H2,1-3H3. The normalized spacial score (nSPS) is 18.4. The van der Waals surface area contributed by atoms with Crippen molar-refractivity contribution in [1.82, 2.24) is 0 Å². The Balaban J connectivity index is 2.12. The van der Waals surface area contributed by atoms with Crippen molar-refractivity contribution in [1.29, 1.82) is 0 Å². The predicted octanol–water partition coefficient (Wildman–Crippen LogP) is 3.46. The molecule has 2 heteroatoms. The molecule has 0 spiro atoms. The van der Waals surface area contributed by atoms with Crippen molar-refractivity contribution in [3.63, 3.8) is 0 Å². The molecule has 0 aliphatic heterocycles. The lowest BCUT2D eigenvalue weighted by Gasteiger charge is -2.15. The number of nitrogens with zero attached hydrogens (tertiary/aromatic N) is 1. The molecule has 1 unspecified atom stereocenters. The Morgan fingerprint density at radius 1 is 1.22 bits per heavy atom. The van der Waals surface area contributed by atoms with Gasteiger partial charge in [-0.15, -0.1) is 0 Å². The number of carbonyl (C=O) groups excluding carboxylic acids is 1. The van der Waals surface area contributed by atoms with Crippen molar-refractivity contribution >= 4 is 11.5 Å². The number of anilines is 1. The van der Waals surface area contributed by atoms with Crippen molar-refractivity contribution in [2.45, 2.75) is 13.3 Å². The minimum atomic E-state index is -0.00101. The first-order chi connectivity index (χ1) is 8.58. The molecule has 0 saturated heterocycles. The summed E-state index contributed by atoms with van der Waals surface area (Å²) >= 11 is 0. The van der Waals surface area contributed by atoms with E-state index in [0.717, 1.165) is 17.7 Å². The fourth-order valence-electron chi connectivity index (χ4n) is 2.06. The number of carbonyl (C=O) groups is 1. The van der Waals surface area contributed by atoms with E-state index in [-0.39, 0.29) is 11.7 Å². The van der Waals surface area contributed by atoms with Gasteiger partial charge in [-0.3, -0.25) is 4.79 Å². The summed E-state index contributed by atoms with van der Waals surface area (Å²) in [5.41, 5.74) is 3.15. The summed E-state index contributed by atoms with van der Waals surface area (Å²) in [6.45, 7) is 2.06. The minimum absolute atomic E-state index is 0.00101. The van der Waals surface area contributed by atoms with Gasteiger partial charge in [0.15, 0.2) is 5.78 Å². The van der Waals surface area contributed by atoms with Gasteiger partial charge < -0.3 is 4.90 Å². The number of Topliss-reactive ketones (excluding diaryl/α,β-unsaturated/α-hetero) is 1. The first-order valence-electron chi connectivity index (χ1n) is 6.24. The average molecular weight is 241 g/mol. The molecule has 0 fully saturated rings. The van der Waals surface area contributed by atoms with Crippen LogP contribution in [0, 0.1) is 5.92 Å². The van der Waals surface area contributed by atoms with Crippen LogP contribution < -0.4 is 4.90 Å². The number of benzene rings is 1. The van der Waals surface area contributed by atoms with Gasteiger partial charge in [-0.25, -0.2) is 0 Å². The molecule has 0 bridgehead atoms. The Kier molecular flexibility index (Phi) is 3.66. The minimum Gasteiger partial charge on any atom is -0.378 e. The quantitative estimate of drug-likeness (QED) is 0.755. The van der Waals surface area contributed by atoms with Gasteiger partial charge in [0, 0.05) is 31.3 Å². The third kappa shape index (κ3) is 2.70. The molecular weight excluding hydrogens is 222 g/mol. The Morgan fingerprint density at radius 3 is 2.39 bits per heavy atom. The molecule has 1 aliphatic carbocycles. The lowest BCUT2D eigenvalue weighted by molar-refractivity contribution is 0.0945. The molecule has 1 atom stereocenters. The van der Waals surface area contributed by atoms with E-state index in [1.54, 1.807) is 0 Å². The molecule has 0 radical (unpaired) electrons. The topological polar surface area (TPSA) is 20.3 Å². The lowest BCUT2D eigenvalue weighted by Crippen LogP contribution is -2.14. The van der Waals surface area contributed by atoms with Crippen molar-refractivity contribution in [3.8, 4) is 0 Å². The molecule has 0 N–H and O–H groups in total. The maximum atomic E-state index is 12.3. The summed E-state index contributed by atoms with van der Waals surface area (Å²) in [7, 11) is 3.99. The second kappa shape index (κ2) is 5.21. The van der Waals surface area contributed by atoms with Gasteiger partial charge in [-0.1, -0.05) is 23.8 Å². The zero-order valence-corrected chi connectivity index (χ0v) is 11.2. The highest BCUT2D eigenvalue weighted by atomic mass is 16.1. The molecule has 2 nitrogen and oxygen atoms in total. The molecular formula is C16H19NO. The molecule has 0 aromatic heterocycles. The molecule has 1 aromatic carbocycles. The molecule has 0 saturated carbocycles. The van der Waals surface area contributed by atoms with Crippen LogP contribution in [0.4, 0.5) is 5.69 Å². The van der Waals surface area contributed by atoms with Gasteiger partial charge in [0.05, 0.1) is 0 Å². The van der Waals surface area contributed by atoms with E-state index in [9.17, 15) is 4.79 Å². The van der Waals surface area contributed by atoms with Crippen LogP contribution in [-0.4, -0.2) is 19.9 Å². The highest BCUT2D eigenvalue weighted by Gasteiger charge is 2.18. The van der Waals surface area contributed by atoms with Crippen LogP contribution in [0.3, 0.4) is 0 Å². The van der Waals surface area contributed by atoms with Crippen molar-refractivity contribution in [2.75, 3.05) is 19.0 Å². The van der Waals surface area contributed by atoms with Crippen molar-refractivity contribution < 1.29 is 4.79 Å². The van der Waals surface area contributed by atoms with E-state index in [1.807, 2.05) is 55.4 Å². The number of rotatable bonds is 3. The summed E-state index contributed by atoms with van der Waals surface area (Å²) in [5.74, 6) is 0.208. The van der Waals surface area contributed by atoms with E-state index in [0.29, 0.717) is 0 Å². The maximum Gasteiger partial charge on any atom is 0.170 e. The van der Waals surface area contributed by atoms with E-state index >= 15 is 0 Å². The zero-order chi connectivity index (χ0) is 13.1. The number of hydrogen-bond acceptors (Lipinski definition) is 2. The van der Waals surface area contributed by atoms with Crippen LogP contribution >= 0.6 is 0 Å². The molecule has 0 heterocycles. The van der Waals surface area contributed by atoms with Gasteiger partial charge in [-0.05, 0) is 37.6 Å². The van der Waals surface area contributed by atoms with Crippen molar-refractivity contribution in [2.24, 2.45) is 5.92 Å². The Bertz CT molecular complexity index is 494. The monoisotopic (exact) mass is 241 g/mol. The van der Waals surface area contributed by atoms with E-state index in [1.165, 1.54) is 5.57 Å². The Hall–Kier alpha value is -1.83. The molecule has 18 heavy (non-hydrogen) atoms. The van der Waals surface area contributed by atoms with Crippen LogP contribution in [0.1, 0.15) is 23.7 Å². The summed E-state index contributed by atoms with van der Waals surface area (Å²) in [6.07, 6.45) is 6.98. The SMILES string of the molecule is CC1=CCC(C(=O)c2ccc(N(C)C)cc2)C=C1. The number of hydrogen-bond donors (Lipinski definition) is 0. The molecule has 1 aromatic rings. The molecule has 94 valence electrons. The van der Waals surface area contributed by atoms with E-state index in [4.69, 9.17) is 0 Å². The largest absolute Gasteiger partial charge is 0.378 e. The Labute approximate surface area is 109 Å². The highest BCUT2D eigenvalue weighted by Crippen LogP contribution is 2.22. The van der Waals surface area contributed by atoms with E-state index in [2.05, 4.69) is 13.0 Å². The van der Waals surface area contributed by atoms with Crippen LogP contribution in [0.5, 0.6) is 0 Å². The van der Waals surface area contributed by atoms with Gasteiger partial charge in [0.1, 0.15) is 0 Å². The van der Waals surface area contributed by atoms with Gasteiger partial charge in [0.25, 0.3) is 0 Å². The summed E-state index contributed by atoms with van der Waals surface area (Å²) in [4.78, 5) is 14.3. The number of ketones is 1. The molecule has 0 amide bonds. The highest BCUT2D eigenvalue weighted by molar-refractivity contribution is 5.99. The number of allylic oxidation sites excluding steroid dienone is 4. The first kappa shape index (κ1) is 12.6. The van der Waals surface area contributed by atoms with E-state index < -0.39 is 0 Å². The first-order valence-corrected chi connectivity index (χ1v) is 6.24. The predicted molar refractivity (Wildman–Crippen MR) is 76.1 cm³/mol. The maximum absolute atomic E-state index is 12.3. The van der Waals surface area contributed by atoms with Gasteiger partial charge in [0.2, 0.25) is 0 Å². The fourth-order valence-corrected chi connectivity index (χ4v) is 2.06. The second-order valence-electron chi connectivity index (χ2n) is 4.96. The third-order valence-corrected chi connectivity index (χ3v) is 3.29. The summed E-state index contributed by atoms with van der Waals surface area (Å²) in [6, 6.07) is 7.80. The smallest absolute Gasteiger partial charge is 0.170 e.